The Balaban J connectivity index is 1.67. The average Bonchev–Trinajstić information content (AvgIpc) is 2.84. The van der Waals surface area contributed by atoms with Crippen LogP contribution in [0.25, 0.3) is 0 Å². The highest BCUT2D eigenvalue weighted by molar-refractivity contribution is 7.99. The van der Waals surface area contributed by atoms with Crippen LogP contribution in [-0.2, 0) is 0 Å². The van der Waals surface area contributed by atoms with E-state index in [2.05, 4.69) is 48.3 Å². The number of hydrogen-bond donors (Lipinski definition) is 1. The van der Waals surface area contributed by atoms with Gasteiger partial charge in [0.25, 0.3) is 0 Å². The van der Waals surface area contributed by atoms with E-state index in [-0.39, 0.29) is 0 Å². The summed E-state index contributed by atoms with van der Waals surface area (Å²) in [5.74, 6) is 2.77. The smallest absolute Gasteiger partial charge is 0.0223 e. The number of fused-ring (bicyclic) bond motifs is 1. The predicted molar refractivity (Wildman–Crippen MR) is 87.6 cm³/mol. The molecule has 0 radical (unpaired) electrons. The van der Waals surface area contributed by atoms with Crippen molar-refractivity contribution in [3.8, 4) is 0 Å². The van der Waals surface area contributed by atoms with Crippen LogP contribution in [0.3, 0.4) is 0 Å². The third-order valence-electron chi connectivity index (χ3n) is 4.47. The van der Waals surface area contributed by atoms with E-state index in [1.165, 1.54) is 36.7 Å². The van der Waals surface area contributed by atoms with Crippen molar-refractivity contribution in [2.75, 3.05) is 31.9 Å². The number of nitrogens with one attached hydrogen (secondary N) is 1. The summed E-state index contributed by atoms with van der Waals surface area (Å²) in [5.41, 5.74) is 1.58. The van der Waals surface area contributed by atoms with Crippen molar-refractivity contribution in [1.29, 1.82) is 0 Å². The van der Waals surface area contributed by atoms with Crippen molar-refractivity contribution in [1.82, 2.24) is 10.2 Å². The Morgan fingerprint density at radius 3 is 3.05 bits per heavy atom. The largest absolute Gasteiger partial charge is 0.314 e. The van der Waals surface area contributed by atoms with E-state index in [0.717, 1.165) is 24.4 Å². The molecule has 110 valence electrons. The Kier molecular flexibility index (Phi) is 4.69. The molecule has 1 saturated heterocycles. The van der Waals surface area contributed by atoms with Crippen molar-refractivity contribution in [2.24, 2.45) is 5.92 Å². The van der Waals surface area contributed by atoms with Crippen molar-refractivity contribution in [2.45, 2.75) is 37.1 Å². The molecular weight excluding hydrogens is 264 g/mol. The van der Waals surface area contributed by atoms with Gasteiger partial charge in [-0.3, -0.25) is 4.90 Å². The first-order valence-corrected chi connectivity index (χ1v) is 8.89. The summed E-state index contributed by atoms with van der Waals surface area (Å²) in [5, 5.41) is 3.57. The fraction of sp³-hybridized carbons (Fsp3) is 0.647. The minimum Gasteiger partial charge on any atom is -0.314 e. The molecule has 20 heavy (non-hydrogen) atoms. The molecular formula is C17H26N2S. The van der Waals surface area contributed by atoms with Crippen LogP contribution in [-0.4, -0.2) is 42.9 Å². The van der Waals surface area contributed by atoms with Crippen LogP contribution in [0.1, 0.15) is 31.7 Å². The van der Waals surface area contributed by atoms with E-state index in [0.29, 0.717) is 0 Å². The van der Waals surface area contributed by atoms with E-state index in [1.54, 1.807) is 5.56 Å². The molecule has 2 atom stereocenters. The first kappa shape index (κ1) is 14.4. The van der Waals surface area contributed by atoms with Gasteiger partial charge in [-0.05, 0) is 24.0 Å². The maximum absolute atomic E-state index is 3.57. The molecule has 0 bridgehead atoms. The van der Waals surface area contributed by atoms with E-state index < -0.39 is 0 Å². The summed E-state index contributed by atoms with van der Waals surface area (Å²) >= 11 is 2.04. The first-order chi connectivity index (χ1) is 9.74. The summed E-state index contributed by atoms with van der Waals surface area (Å²) in [4.78, 5) is 4.25. The van der Waals surface area contributed by atoms with Crippen molar-refractivity contribution in [3.63, 3.8) is 0 Å². The Morgan fingerprint density at radius 1 is 1.35 bits per heavy atom. The zero-order valence-electron chi connectivity index (χ0n) is 12.6. The Hall–Kier alpha value is -0.510. The van der Waals surface area contributed by atoms with Gasteiger partial charge in [0, 0.05) is 48.8 Å². The maximum atomic E-state index is 3.57. The third kappa shape index (κ3) is 3.21. The second kappa shape index (κ2) is 6.50. The fourth-order valence-corrected chi connectivity index (χ4v) is 4.73. The summed E-state index contributed by atoms with van der Waals surface area (Å²) in [7, 11) is 0. The van der Waals surface area contributed by atoms with Gasteiger partial charge in [0.05, 0.1) is 0 Å². The molecule has 2 unspecified atom stereocenters. The monoisotopic (exact) mass is 290 g/mol. The molecule has 1 aromatic rings. The molecule has 2 nitrogen and oxygen atoms in total. The highest BCUT2D eigenvalue weighted by Gasteiger charge is 2.29. The van der Waals surface area contributed by atoms with Gasteiger partial charge in [0.2, 0.25) is 0 Å². The number of nitrogens with zero attached hydrogens (tertiary/aromatic N) is 1. The molecule has 0 aromatic heterocycles. The molecule has 2 aliphatic rings. The third-order valence-corrected chi connectivity index (χ3v) is 5.72. The number of hydrogen-bond acceptors (Lipinski definition) is 3. The number of piperazine rings is 1. The molecule has 0 saturated carbocycles. The quantitative estimate of drug-likeness (QED) is 0.917. The van der Waals surface area contributed by atoms with Crippen LogP contribution in [0.15, 0.2) is 29.2 Å². The van der Waals surface area contributed by atoms with Crippen LogP contribution < -0.4 is 5.32 Å². The van der Waals surface area contributed by atoms with Gasteiger partial charge in [-0.15, -0.1) is 11.8 Å². The molecule has 0 spiro atoms. The molecule has 2 heterocycles. The maximum Gasteiger partial charge on any atom is 0.0223 e. The van der Waals surface area contributed by atoms with E-state index in [4.69, 9.17) is 0 Å². The lowest BCUT2D eigenvalue weighted by Crippen LogP contribution is -2.52. The van der Waals surface area contributed by atoms with Gasteiger partial charge in [-0.2, -0.15) is 0 Å². The zero-order valence-corrected chi connectivity index (χ0v) is 13.5. The van der Waals surface area contributed by atoms with E-state index in [9.17, 15) is 0 Å². The predicted octanol–water partition coefficient (Wildman–Crippen LogP) is 3.20. The minimum absolute atomic E-state index is 0.724. The van der Waals surface area contributed by atoms with Gasteiger partial charge < -0.3 is 5.32 Å². The van der Waals surface area contributed by atoms with Crippen LogP contribution in [0.5, 0.6) is 0 Å². The highest BCUT2D eigenvalue weighted by atomic mass is 32.2. The lowest BCUT2D eigenvalue weighted by atomic mass is 9.96. The highest BCUT2D eigenvalue weighted by Crippen LogP contribution is 2.40. The Morgan fingerprint density at radius 2 is 2.20 bits per heavy atom. The minimum atomic E-state index is 0.724. The SMILES string of the molecule is CC(C)CC1CNCCN1CC1CSc2ccccc21. The van der Waals surface area contributed by atoms with Gasteiger partial charge in [0.15, 0.2) is 0 Å². The summed E-state index contributed by atoms with van der Waals surface area (Å²) in [6.45, 7) is 9.45. The number of thioether (sulfide) groups is 1. The summed E-state index contributed by atoms with van der Waals surface area (Å²) in [6, 6.07) is 9.70. The number of benzene rings is 1. The number of rotatable bonds is 4. The Bertz CT molecular complexity index is 446. The van der Waals surface area contributed by atoms with E-state index >= 15 is 0 Å². The van der Waals surface area contributed by atoms with Gasteiger partial charge >= 0.3 is 0 Å². The Labute approximate surface area is 127 Å². The van der Waals surface area contributed by atoms with Crippen molar-refractivity contribution < 1.29 is 0 Å². The zero-order chi connectivity index (χ0) is 13.9. The molecule has 1 N–H and O–H groups in total. The topological polar surface area (TPSA) is 15.3 Å². The normalized spacial score (nSPS) is 26.9. The second-order valence-corrected chi connectivity index (χ2v) is 7.59. The van der Waals surface area contributed by atoms with Gasteiger partial charge in [-0.25, -0.2) is 0 Å². The molecule has 2 aliphatic heterocycles. The van der Waals surface area contributed by atoms with Gasteiger partial charge in [0.1, 0.15) is 0 Å². The standard InChI is InChI=1S/C17H26N2S/c1-13(2)9-15-10-18-7-8-19(15)11-14-12-20-17-6-4-3-5-16(14)17/h3-6,13-15,18H,7-12H2,1-2H3. The van der Waals surface area contributed by atoms with Gasteiger partial charge in [-0.1, -0.05) is 32.0 Å². The van der Waals surface area contributed by atoms with Crippen LogP contribution >= 0.6 is 11.8 Å². The van der Waals surface area contributed by atoms with Crippen LogP contribution in [0, 0.1) is 5.92 Å². The average molecular weight is 290 g/mol. The molecule has 3 heteroatoms. The lowest BCUT2D eigenvalue weighted by molar-refractivity contribution is 0.136. The summed E-state index contributed by atoms with van der Waals surface area (Å²) < 4.78 is 0. The molecule has 0 amide bonds. The van der Waals surface area contributed by atoms with Crippen LogP contribution in [0.2, 0.25) is 0 Å². The summed E-state index contributed by atoms with van der Waals surface area (Å²) in [6.07, 6.45) is 1.31. The molecule has 3 rings (SSSR count). The fourth-order valence-electron chi connectivity index (χ4n) is 3.48. The van der Waals surface area contributed by atoms with Crippen molar-refractivity contribution >= 4 is 11.8 Å². The second-order valence-electron chi connectivity index (χ2n) is 6.53. The first-order valence-electron chi connectivity index (χ1n) is 7.90. The lowest BCUT2D eigenvalue weighted by Gasteiger charge is -2.38. The van der Waals surface area contributed by atoms with Crippen LogP contribution in [0.4, 0.5) is 0 Å². The van der Waals surface area contributed by atoms with Crippen molar-refractivity contribution in [3.05, 3.63) is 29.8 Å². The molecule has 0 aliphatic carbocycles. The van der Waals surface area contributed by atoms with E-state index in [1.807, 2.05) is 11.8 Å². The molecule has 1 aromatic carbocycles. The molecule has 1 fully saturated rings.